The Morgan fingerprint density at radius 2 is 2.45 bits per heavy atom. The second kappa shape index (κ2) is 5.76. The van der Waals surface area contributed by atoms with Crippen molar-refractivity contribution in [3.63, 3.8) is 0 Å². The van der Waals surface area contributed by atoms with E-state index in [9.17, 15) is 4.79 Å². The number of thiophene rings is 1. The lowest BCUT2D eigenvalue weighted by molar-refractivity contribution is 0.0939. The number of nitrogens with one attached hydrogen (secondary N) is 1. The monoisotopic (exact) mass is 292 g/mol. The molecule has 0 saturated carbocycles. The molecule has 0 saturated heterocycles. The van der Waals surface area contributed by atoms with Crippen LogP contribution < -0.4 is 5.32 Å². The van der Waals surface area contributed by atoms with Crippen molar-refractivity contribution in [1.82, 2.24) is 10.5 Å². The van der Waals surface area contributed by atoms with Gasteiger partial charge < -0.3 is 14.6 Å². The van der Waals surface area contributed by atoms with Crippen LogP contribution in [0.2, 0.25) is 0 Å². The Morgan fingerprint density at radius 1 is 1.55 bits per heavy atom. The maximum atomic E-state index is 12.1. The number of aromatic nitrogens is 1. The molecule has 3 rings (SSSR count). The predicted octanol–water partition coefficient (Wildman–Crippen LogP) is 2.27. The minimum absolute atomic E-state index is 0.162. The van der Waals surface area contributed by atoms with Crippen LogP contribution in [0.1, 0.15) is 27.3 Å². The number of methoxy groups -OCH3 is 1. The summed E-state index contributed by atoms with van der Waals surface area (Å²) in [5.74, 6) is 0.597. The summed E-state index contributed by atoms with van der Waals surface area (Å²) in [5, 5.41) is 8.86. The van der Waals surface area contributed by atoms with Gasteiger partial charge in [-0.1, -0.05) is 5.16 Å². The van der Waals surface area contributed by atoms with E-state index in [-0.39, 0.29) is 5.91 Å². The molecule has 5 nitrogen and oxygen atoms in total. The van der Waals surface area contributed by atoms with Gasteiger partial charge in [-0.05, 0) is 30.7 Å². The molecule has 0 radical (unpaired) electrons. The van der Waals surface area contributed by atoms with Gasteiger partial charge in [0.2, 0.25) is 0 Å². The van der Waals surface area contributed by atoms with Crippen LogP contribution in [0.5, 0.6) is 0 Å². The van der Waals surface area contributed by atoms with Crippen molar-refractivity contribution in [1.29, 1.82) is 0 Å². The Morgan fingerprint density at radius 3 is 3.30 bits per heavy atom. The highest BCUT2D eigenvalue weighted by atomic mass is 32.1. The Kier molecular flexibility index (Phi) is 3.84. The number of ether oxygens (including phenoxy) is 1. The number of carbonyl (C=O) groups excluding carboxylic acids is 1. The zero-order valence-corrected chi connectivity index (χ0v) is 12.1. The molecule has 0 aliphatic heterocycles. The Hall–Kier alpha value is -1.66. The number of hydrogen-bond acceptors (Lipinski definition) is 5. The van der Waals surface area contributed by atoms with Crippen molar-refractivity contribution in [2.75, 3.05) is 20.3 Å². The lowest BCUT2D eigenvalue weighted by Crippen LogP contribution is -2.26. The Balaban J connectivity index is 1.75. The standard InChI is InChI=1S/C14H16N2O3S/c1-18-7-2-6-15-14(17)12-10-3-4-11-9(5-8-20-11)13(10)19-16-12/h5,8H,2-4,6-7H2,1H3,(H,15,17). The largest absolute Gasteiger partial charge is 0.385 e. The molecule has 1 aliphatic carbocycles. The first-order valence-electron chi connectivity index (χ1n) is 6.63. The van der Waals surface area contributed by atoms with Crippen LogP contribution in [0, 0.1) is 0 Å². The van der Waals surface area contributed by atoms with Gasteiger partial charge >= 0.3 is 0 Å². The first-order valence-corrected chi connectivity index (χ1v) is 7.51. The molecular formula is C14H16N2O3S. The van der Waals surface area contributed by atoms with Crippen LogP contribution in [0.15, 0.2) is 16.0 Å². The molecule has 20 heavy (non-hydrogen) atoms. The third-order valence-electron chi connectivity index (χ3n) is 3.41. The summed E-state index contributed by atoms with van der Waals surface area (Å²) >= 11 is 1.72. The summed E-state index contributed by atoms with van der Waals surface area (Å²) in [5.41, 5.74) is 2.44. The fraction of sp³-hybridized carbons (Fsp3) is 0.429. The second-order valence-electron chi connectivity index (χ2n) is 4.70. The van der Waals surface area contributed by atoms with Gasteiger partial charge in [-0.3, -0.25) is 4.79 Å². The van der Waals surface area contributed by atoms with Crippen molar-refractivity contribution >= 4 is 17.2 Å². The number of amides is 1. The van der Waals surface area contributed by atoms with Crippen molar-refractivity contribution in [3.8, 4) is 11.3 Å². The van der Waals surface area contributed by atoms with Crippen molar-refractivity contribution in [3.05, 3.63) is 27.6 Å². The quantitative estimate of drug-likeness (QED) is 0.859. The van der Waals surface area contributed by atoms with Crippen LogP contribution in [0.4, 0.5) is 0 Å². The molecule has 2 heterocycles. The topological polar surface area (TPSA) is 64.4 Å². The van der Waals surface area contributed by atoms with Gasteiger partial charge in [-0.15, -0.1) is 11.3 Å². The summed E-state index contributed by atoms with van der Waals surface area (Å²) < 4.78 is 10.3. The number of fused-ring (bicyclic) bond motifs is 3. The molecule has 1 amide bonds. The van der Waals surface area contributed by atoms with Crippen LogP contribution in [-0.2, 0) is 17.6 Å². The molecule has 0 unspecified atom stereocenters. The zero-order valence-electron chi connectivity index (χ0n) is 11.3. The summed E-state index contributed by atoms with van der Waals surface area (Å²) in [6.45, 7) is 1.22. The molecule has 0 fully saturated rings. The van der Waals surface area contributed by atoms with Crippen molar-refractivity contribution in [2.24, 2.45) is 0 Å². The van der Waals surface area contributed by atoms with Crippen molar-refractivity contribution < 1.29 is 14.1 Å². The van der Waals surface area contributed by atoms with Crippen LogP contribution >= 0.6 is 11.3 Å². The summed E-state index contributed by atoms with van der Waals surface area (Å²) in [6, 6.07) is 2.03. The van der Waals surface area contributed by atoms with E-state index >= 15 is 0 Å². The zero-order chi connectivity index (χ0) is 13.9. The lowest BCUT2D eigenvalue weighted by Gasteiger charge is -2.10. The highest BCUT2D eigenvalue weighted by Crippen LogP contribution is 2.37. The number of rotatable bonds is 5. The van der Waals surface area contributed by atoms with Gasteiger partial charge in [0, 0.05) is 36.3 Å². The molecule has 6 heteroatoms. The van der Waals surface area contributed by atoms with Gasteiger partial charge in [-0.25, -0.2) is 0 Å². The number of carbonyl (C=O) groups is 1. The normalized spacial score (nSPS) is 12.8. The van der Waals surface area contributed by atoms with E-state index in [0.29, 0.717) is 18.8 Å². The van der Waals surface area contributed by atoms with Crippen molar-refractivity contribution in [2.45, 2.75) is 19.3 Å². The third kappa shape index (κ3) is 2.36. The van der Waals surface area contributed by atoms with E-state index in [0.717, 1.165) is 36.1 Å². The number of aryl methyl sites for hydroxylation is 1. The van der Waals surface area contributed by atoms with Gasteiger partial charge in [0.05, 0.1) is 0 Å². The molecule has 0 aromatic carbocycles. The first kappa shape index (κ1) is 13.3. The molecule has 1 aliphatic rings. The third-order valence-corrected chi connectivity index (χ3v) is 4.39. The van der Waals surface area contributed by atoms with E-state index in [1.807, 2.05) is 11.4 Å². The maximum Gasteiger partial charge on any atom is 0.273 e. The molecule has 1 N–H and O–H groups in total. The fourth-order valence-electron chi connectivity index (χ4n) is 2.41. The maximum absolute atomic E-state index is 12.1. The Labute approximate surface area is 120 Å². The lowest BCUT2D eigenvalue weighted by atomic mass is 9.95. The van der Waals surface area contributed by atoms with Crippen LogP contribution in [0.25, 0.3) is 11.3 Å². The van der Waals surface area contributed by atoms with Gasteiger partial charge in [0.25, 0.3) is 5.91 Å². The number of nitrogens with zero attached hydrogens (tertiary/aromatic N) is 1. The summed E-state index contributed by atoms with van der Waals surface area (Å²) in [6.07, 6.45) is 2.55. The summed E-state index contributed by atoms with van der Waals surface area (Å²) in [7, 11) is 1.65. The molecule has 0 bridgehead atoms. The minimum atomic E-state index is -0.162. The predicted molar refractivity (Wildman–Crippen MR) is 76.1 cm³/mol. The SMILES string of the molecule is COCCCNC(=O)c1noc2c1CCc1sccc1-2. The summed E-state index contributed by atoms with van der Waals surface area (Å²) in [4.78, 5) is 13.4. The van der Waals surface area contributed by atoms with E-state index in [4.69, 9.17) is 9.26 Å². The van der Waals surface area contributed by atoms with E-state index in [2.05, 4.69) is 10.5 Å². The van der Waals surface area contributed by atoms with Crippen LogP contribution in [0.3, 0.4) is 0 Å². The molecule has 2 aromatic rings. The molecule has 106 valence electrons. The molecule has 0 atom stereocenters. The van der Waals surface area contributed by atoms with E-state index < -0.39 is 0 Å². The average molecular weight is 292 g/mol. The van der Waals surface area contributed by atoms with Crippen LogP contribution in [-0.4, -0.2) is 31.3 Å². The average Bonchev–Trinajstić information content (AvgIpc) is 3.08. The second-order valence-corrected chi connectivity index (χ2v) is 5.70. The number of hydrogen-bond donors (Lipinski definition) is 1. The fourth-order valence-corrected chi connectivity index (χ4v) is 3.28. The minimum Gasteiger partial charge on any atom is -0.385 e. The Bertz CT molecular complexity index is 618. The van der Waals surface area contributed by atoms with E-state index in [1.54, 1.807) is 18.4 Å². The van der Waals surface area contributed by atoms with Gasteiger partial charge in [-0.2, -0.15) is 0 Å². The first-order chi connectivity index (χ1) is 9.81. The molecule has 2 aromatic heterocycles. The molecule has 0 spiro atoms. The van der Waals surface area contributed by atoms with Gasteiger partial charge in [0.1, 0.15) is 0 Å². The van der Waals surface area contributed by atoms with E-state index in [1.165, 1.54) is 4.88 Å². The highest BCUT2D eigenvalue weighted by molar-refractivity contribution is 7.10. The van der Waals surface area contributed by atoms with Gasteiger partial charge in [0.15, 0.2) is 11.5 Å². The smallest absolute Gasteiger partial charge is 0.273 e. The molecular weight excluding hydrogens is 276 g/mol. The highest BCUT2D eigenvalue weighted by Gasteiger charge is 2.27.